The minimum Gasteiger partial charge on any atom is -0.466 e. The van der Waals surface area contributed by atoms with Crippen molar-refractivity contribution in [2.75, 3.05) is 6.61 Å². The second kappa shape index (κ2) is 4.66. The van der Waals surface area contributed by atoms with Gasteiger partial charge in [0.25, 0.3) is 0 Å². The number of nitriles is 1. The van der Waals surface area contributed by atoms with Crippen LogP contribution in [0.2, 0.25) is 0 Å². The summed E-state index contributed by atoms with van der Waals surface area (Å²) >= 11 is 0. The van der Waals surface area contributed by atoms with E-state index in [0.29, 0.717) is 23.5 Å². The molecule has 0 aliphatic heterocycles. The van der Waals surface area contributed by atoms with Gasteiger partial charge >= 0.3 is 5.97 Å². The van der Waals surface area contributed by atoms with E-state index in [1.165, 1.54) is 0 Å². The molecule has 0 atom stereocenters. The van der Waals surface area contributed by atoms with Crippen LogP contribution in [-0.2, 0) is 16.0 Å². The van der Waals surface area contributed by atoms with Gasteiger partial charge in [0.2, 0.25) is 0 Å². The lowest BCUT2D eigenvalue weighted by Gasteiger charge is -1.97. The lowest BCUT2D eigenvalue weighted by atomic mass is 10.3. The van der Waals surface area contributed by atoms with Crippen molar-refractivity contribution in [3.05, 3.63) is 35.8 Å². The number of pyridine rings is 1. The van der Waals surface area contributed by atoms with E-state index < -0.39 is 0 Å². The molecular weight excluding hydrogens is 218 g/mol. The van der Waals surface area contributed by atoms with Crippen molar-refractivity contribution in [2.24, 2.45) is 0 Å². The number of carbonyl (C=O) groups excluding carboxylic acids is 1. The van der Waals surface area contributed by atoms with Gasteiger partial charge in [0.15, 0.2) is 0 Å². The molecule has 0 saturated heterocycles. The summed E-state index contributed by atoms with van der Waals surface area (Å²) in [5, 5.41) is 8.76. The van der Waals surface area contributed by atoms with Crippen molar-refractivity contribution in [1.82, 2.24) is 9.38 Å². The van der Waals surface area contributed by atoms with Crippen LogP contribution in [0.3, 0.4) is 0 Å². The van der Waals surface area contributed by atoms with E-state index in [4.69, 9.17) is 10.00 Å². The zero-order valence-electron chi connectivity index (χ0n) is 9.38. The van der Waals surface area contributed by atoms with Gasteiger partial charge in [-0.25, -0.2) is 4.98 Å². The second-order valence-corrected chi connectivity index (χ2v) is 3.51. The van der Waals surface area contributed by atoms with E-state index in [1.807, 2.05) is 6.07 Å². The Morgan fingerprint density at radius 1 is 1.53 bits per heavy atom. The molecule has 86 valence electrons. The van der Waals surface area contributed by atoms with Gasteiger partial charge in [-0.15, -0.1) is 0 Å². The molecule has 0 aliphatic carbocycles. The summed E-state index contributed by atoms with van der Waals surface area (Å²) in [6.45, 7) is 2.13. The lowest BCUT2D eigenvalue weighted by Crippen LogP contribution is -2.07. The van der Waals surface area contributed by atoms with Gasteiger partial charge in [0, 0.05) is 12.4 Å². The molecule has 2 rings (SSSR count). The first-order valence-electron chi connectivity index (χ1n) is 5.26. The van der Waals surface area contributed by atoms with E-state index in [-0.39, 0.29) is 12.4 Å². The molecule has 0 N–H and O–H groups in total. The van der Waals surface area contributed by atoms with Crippen LogP contribution in [0.5, 0.6) is 0 Å². The Morgan fingerprint density at radius 2 is 2.35 bits per heavy atom. The number of imidazole rings is 1. The Kier molecular flexibility index (Phi) is 3.06. The predicted octanol–water partition coefficient (Wildman–Crippen LogP) is 1.31. The van der Waals surface area contributed by atoms with E-state index in [2.05, 4.69) is 4.98 Å². The van der Waals surface area contributed by atoms with Crippen LogP contribution in [0.15, 0.2) is 24.5 Å². The fourth-order valence-corrected chi connectivity index (χ4v) is 1.56. The first-order valence-corrected chi connectivity index (χ1v) is 5.26. The van der Waals surface area contributed by atoms with Crippen LogP contribution in [0.1, 0.15) is 18.2 Å². The van der Waals surface area contributed by atoms with Gasteiger partial charge in [0.1, 0.15) is 11.7 Å². The number of aromatic nitrogens is 2. The molecule has 5 nitrogen and oxygen atoms in total. The van der Waals surface area contributed by atoms with E-state index in [9.17, 15) is 4.79 Å². The average molecular weight is 229 g/mol. The van der Waals surface area contributed by atoms with Gasteiger partial charge in [-0.1, -0.05) is 0 Å². The van der Waals surface area contributed by atoms with Crippen LogP contribution >= 0.6 is 0 Å². The van der Waals surface area contributed by atoms with Crippen molar-refractivity contribution < 1.29 is 9.53 Å². The second-order valence-electron chi connectivity index (χ2n) is 3.51. The maximum atomic E-state index is 11.3. The summed E-state index contributed by atoms with van der Waals surface area (Å²) in [7, 11) is 0. The number of fused-ring (bicyclic) bond motifs is 1. The SMILES string of the molecule is CCOC(=O)Cc1cn2cc(C#N)ccc2n1. The van der Waals surface area contributed by atoms with Crippen LogP contribution in [0, 0.1) is 11.3 Å². The molecule has 0 amide bonds. The molecule has 2 heterocycles. The third-order valence-electron chi connectivity index (χ3n) is 2.26. The number of carbonyl (C=O) groups is 1. The Bertz CT molecular complexity index is 595. The van der Waals surface area contributed by atoms with Crippen molar-refractivity contribution in [3.8, 4) is 6.07 Å². The molecule has 0 aliphatic rings. The summed E-state index contributed by atoms with van der Waals surface area (Å²) in [5.74, 6) is -0.295. The third kappa shape index (κ3) is 2.42. The first kappa shape index (κ1) is 11.1. The van der Waals surface area contributed by atoms with Crippen molar-refractivity contribution in [3.63, 3.8) is 0 Å². The van der Waals surface area contributed by atoms with Gasteiger partial charge < -0.3 is 9.14 Å². The fourth-order valence-electron chi connectivity index (χ4n) is 1.56. The van der Waals surface area contributed by atoms with Crippen LogP contribution in [0.4, 0.5) is 0 Å². The van der Waals surface area contributed by atoms with E-state index >= 15 is 0 Å². The molecule has 0 aromatic carbocycles. The van der Waals surface area contributed by atoms with Crippen molar-refractivity contribution in [1.29, 1.82) is 5.26 Å². The number of ether oxygens (including phenoxy) is 1. The molecule has 0 radical (unpaired) electrons. The molecule has 0 unspecified atom stereocenters. The van der Waals surface area contributed by atoms with Gasteiger partial charge in [-0.05, 0) is 19.1 Å². The zero-order valence-corrected chi connectivity index (χ0v) is 9.38. The Balaban J connectivity index is 2.26. The summed E-state index contributed by atoms with van der Waals surface area (Å²) in [5.41, 5.74) is 1.90. The number of nitrogens with zero attached hydrogens (tertiary/aromatic N) is 3. The maximum absolute atomic E-state index is 11.3. The smallest absolute Gasteiger partial charge is 0.311 e. The average Bonchev–Trinajstić information content (AvgIpc) is 2.69. The largest absolute Gasteiger partial charge is 0.466 e. The summed E-state index contributed by atoms with van der Waals surface area (Å²) in [6, 6.07) is 5.48. The standard InChI is InChI=1S/C12H11N3O2/c1-2-17-12(16)5-10-8-15-7-9(6-13)3-4-11(15)14-10/h3-4,7-8H,2,5H2,1H3. The fraction of sp³-hybridized carbons (Fsp3) is 0.250. The van der Waals surface area contributed by atoms with Gasteiger partial charge in [-0.3, -0.25) is 4.79 Å². The highest BCUT2D eigenvalue weighted by Gasteiger charge is 2.08. The lowest BCUT2D eigenvalue weighted by molar-refractivity contribution is -0.142. The summed E-state index contributed by atoms with van der Waals surface area (Å²) < 4.78 is 6.58. The molecule has 2 aromatic heterocycles. The van der Waals surface area contributed by atoms with E-state index in [1.54, 1.807) is 35.9 Å². The highest BCUT2D eigenvalue weighted by atomic mass is 16.5. The Labute approximate surface area is 98.3 Å². The molecule has 0 saturated carbocycles. The third-order valence-corrected chi connectivity index (χ3v) is 2.26. The molecule has 0 fully saturated rings. The molecule has 5 heteroatoms. The normalized spacial score (nSPS) is 10.1. The highest BCUT2D eigenvalue weighted by molar-refractivity contribution is 5.72. The molecule has 0 spiro atoms. The van der Waals surface area contributed by atoms with Crippen molar-refractivity contribution >= 4 is 11.6 Å². The van der Waals surface area contributed by atoms with Crippen LogP contribution in [0.25, 0.3) is 5.65 Å². The minimum absolute atomic E-state index is 0.150. The van der Waals surface area contributed by atoms with Crippen LogP contribution in [-0.4, -0.2) is 22.0 Å². The number of rotatable bonds is 3. The minimum atomic E-state index is -0.295. The predicted molar refractivity (Wildman–Crippen MR) is 60.2 cm³/mol. The van der Waals surface area contributed by atoms with Gasteiger partial charge in [-0.2, -0.15) is 5.26 Å². The topological polar surface area (TPSA) is 67.4 Å². The summed E-state index contributed by atoms with van der Waals surface area (Å²) in [4.78, 5) is 15.6. The molecule has 0 bridgehead atoms. The maximum Gasteiger partial charge on any atom is 0.311 e. The molecule has 17 heavy (non-hydrogen) atoms. The first-order chi connectivity index (χ1) is 8.22. The number of hydrogen-bond donors (Lipinski definition) is 0. The Morgan fingerprint density at radius 3 is 3.06 bits per heavy atom. The van der Waals surface area contributed by atoms with Crippen molar-refractivity contribution in [2.45, 2.75) is 13.3 Å². The van der Waals surface area contributed by atoms with Crippen LogP contribution < -0.4 is 0 Å². The Hall–Kier alpha value is -2.35. The quantitative estimate of drug-likeness (QED) is 0.744. The highest BCUT2D eigenvalue weighted by Crippen LogP contribution is 2.08. The zero-order chi connectivity index (χ0) is 12.3. The van der Waals surface area contributed by atoms with E-state index in [0.717, 1.165) is 0 Å². The van der Waals surface area contributed by atoms with Gasteiger partial charge in [0.05, 0.1) is 24.3 Å². The monoisotopic (exact) mass is 229 g/mol. The summed E-state index contributed by atoms with van der Waals surface area (Å²) in [6.07, 6.45) is 3.56. The number of esters is 1. The number of hydrogen-bond acceptors (Lipinski definition) is 4. The molecular formula is C12H11N3O2. The molecule has 2 aromatic rings.